The molecule has 2 aromatic rings. The van der Waals surface area contributed by atoms with E-state index in [1.54, 1.807) is 13.0 Å². The number of carbonyl (C=O) groups excluding carboxylic acids is 3. The molecule has 0 atom stereocenters. The minimum absolute atomic E-state index is 0.204. The second-order valence-corrected chi connectivity index (χ2v) is 8.02. The van der Waals surface area contributed by atoms with Crippen LogP contribution in [0, 0.1) is 27.7 Å². The first kappa shape index (κ1) is 20.9. The number of esters is 1. The van der Waals surface area contributed by atoms with E-state index in [9.17, 15) is 14.4 Å². The van der Waals surface area contributed by atoms with E-state index < -0.39 is 17.1 Å². The van der Waals surface area contributed by atoms with Gasteiger partial charge >= 0.3 is 5.97 Å². The Hall–Kier alpha value is -2.80. The zero-order valence-electron chi connectivity index (χ0n) is 17.2. The Morgan fingerprint density at radius 3 is 2.52 bits per heavy atom. The van der Waals surface area contributed by atoms with Crippen LogP contribution in [-0.4, -0.2) is 39.7 Å². The summed E-state index contributed by atoms with van der Waals surface area (Å²) < 4.78 is 6.99. The number of carbonyl (C=O) groups is 3. The van der Waals surface area contributed by atoms with Crippen LogP contribution in [-0.2, 0) is 14.3 Å². The topological polar surface area (TPSA) is 68.6 Å². The second-order valence-electron chi connectivity index (χ2n) is 7.02. The van der Waals surface area contributed by atoms with Crippen LogP contribution in [0.15, 0.2) is 29.2 Å². The van der Waals surface area contributed by atoms with Gasteiger partial charge in [0.15, 0.2) is 0 Å². The van der Waals surface area contributed by atoms with Gasteiger partial charge in [-0.1, -0.05) is 17.7 Å². The van der Waals surface area contributed by atoms with Crippen molar-refractivity contribution in [1.82, 2.24) is 9.47 Å². The maximum absolute atomic E-state index is 12.6. The summed E-state index contributed by atoms with van der Waals surface area (Å²) in [5.74, 6) is -1.06. The molecule has 0 radical (unpaired) electrons. The molecule has 3 rings (SSSR count). The van der Waals surface area contributed by atoms with Gasteiger partial charge in [-0.15, -0.1) is 0 Å². The monoisotopic (exact) mass is 412 g/mol. The summed E-state index contributed by atoms with van der Waals surface area (Å²) in [6.07, 6.45) is 1.72. The molecule has 152 valence electrons. The van der Waals surface area contributed by atoms with Crippen molar-refractivity contribution >= 4 is 35.0 Å². The van der Waals surface area contributed by atoms with Gasteiger partial charge in [0, 0.05) is 17.1 Å². The third-order valence-electron chi connectivity index (χ3n) is 4.82. The summed E-state index contributed by atoms with van der Waals surface area (Å²) in [6, 6.07) is 8.28. The Balaban J connectivity index is 1.93. The van der Waals surface area contributed by atoms with Crippen LogP contribution >= 0.6 is 11.8 Å². The normalized spacial score (nSPS) is 15.5. The molecule has 1 fully saturated rings. The molecule has 0 spiro atoms. The van der Waals surface area contributed by atoms with Crippen LogP contribution < -0.4 is 0 Å². The number of thioether (sulfide) groups is 1. The molecule has 2 heterocycles. The van der Waals surface area contributed by atoms with E-state index in [0.29, 0.717) is 4.91 Å². The highest BCUT2D eigenvalue weighted by Crippen LogP contribution is 2.34. The van der Waals surface area contributed by atoms with E-state index in [0.717, 1.165) is 44.9 Å². The largest absolute Gasteiger partial charge is 0.465 e. The van der Waals surface area contributed by atoms with Gasteiger partial charge in [0.2, 0.25) is 0 Å². The lowest BCUT2D eigenvalue weighted by Crippen LogP contribution is -2.34. The highest BCUT2D eigenvalue weighted by Gasteiger charge is 2.36. The van der Waals surface area contributed by atoms with Gasteiger partial charge in [-0.2, -0.15) is 0 Å². The highest BCUT2D eigenvalue weighted by atomic mass is 32.2. The van der Waals surface area contributed by atoms with Gasteiger partial charge < -0.3 is 9.30 Å². The second kappa shape index (κ2) is 8.29. The Labute approximate surface area is 174 Å². The average molecular weight is 413 g/mol. The molecule has 0 N–H and O–H groups in total. The maximum Gasteiger partial charge on any atom is 0.326 e. The fraction of sp³-hybridized carbons (Fsp3) is 0.318. The third kappa shape index (κ3) is 4.15. The number of amides is 2. The number of benzene rings is 1. The number of ether oxygens (including phenoxy) is 1. The number of imide groups is 1. The van der Waals surface area contributed by atoms with Gasteiger partial charge in [-0.3, -0.25) is 19.3 Å². The van der Waals surface area contributed by atoms with E-state index in [4.69, 9.17) is 4.74 Å². The van der Waals surface area contributed by atoms with Gasteiger partial charge in [0.25, 0.3) is 11.1 Å². The van der Waals surface area contributed by atoms with Crippen LogP contribution in [0.4, 0.5) is 4.79 Å². The molecule has 0 aliphatic carbocycles. The fourth-order valence-electron chi connectivity index (χ4n) is 3.47. The highest BCUT2D eigenvalue weighted by molar-refractivity contribution is 8.18. The summed E-state index contributed by atoms with van der Waals surface area (Å²) in [5.41, 5.74) is 6.32. The molecule has 7 heteroatoms. The zero-order chi connectivity index (χ0) is 21.3. The van der Waals surface area contributed by atoms with Crippen LogP contribution in [0.3, 0.4) is 0 Å². The number of aromatic nitrogens is 1. The summed E-state index contributed by atoms with van der Waals surface area (Å²) in [6.45, 7) is 9.65. The Kier molecular flexibility index (Phi) is 5.98. The average Bonchev–Trinajstić information content (AvgIpc) is 3.06. The molecule has 6 nitrogen and oxygen atoms in total. The molecule has 0 saturated carbocycles. The van der Waals surface area contributed by atoms with Gasteiger partial charge in [0.1, 0.15) is 6.54 Å². The van der Waals surface area contributed by atoms with Crippen molar-refractivity contribution in [1.29, 1.82) is 0 Å². The van der Waals surface area contributed by atoms with Gasteiger partial charge in [-0.05, 0) is 75.7 Å². The Bertz CT molecular complexity index is 1040. The summed E-state index contributed by atoms with van der Waals surface area (Å²) in [5, 5.41) is -0.461. The molecule has 1 aliphatic rings. The fourth-order valence-corrected chi connectivity index (χ4v) is 4.30. The first-order chi connectivity index (χ1) is 13.7. The van der Waals surface area contributed by atoms with Crippen molar-refractivity contribution in [3.63, 3.8) is 0 Å². The lowest BCUT2D eigenvalue weighted by molar-refractivity contribution is -0.145. The standard InChI is InChI=1S/C22H24N2O4S/c1-6-28-20(25)12-23-21(26)19(29-22(23)27)11-17-10-15(4)24(16(17)5)18-8-7-13(2)9-14(18)3/h7-11H,6,12H2,1-5H3/b19-11+. The summed E-state index contributed by atoms with van der Waals surface area (Å²) in [7, 11) is 0. The van der Waals surface area contributed by atoms with Crippen molar-refractivity contribution in [2.24, 2.45) is 0 Å². The Morgan fingerprint density at radius 1 is 1.14 bits per heavy atom. The first-order valence-corrected chi connectivity index (χ1v) is 10.2. The molecule has 1 aromatic heterocycles. The molecular weight excluding hydrogens is 388 g/mol. The van der Waals surface area contributed by atoms with Crippen LogP contribution in [0.1, 0.15) is 35.0 Å². The van der Waals surface area contributed by atoms with Crippen molar-refractivity contribution in [2.45, 2.75) is 34.6 Å². The number of hydrogen-bond acceptors (Lipinski definition) is 5. The minimum Gasteiger partial charge on any atom is -0.465 e. The molecule has 0 bridgehead atoms. The van der Waals surface area contributed by atoms with E-state index in [1.807, 2.05) is 19.9 Å². The van der Waals surface area contributed by atoms with Gasteiger partial charge in [0.05, 0.1) is 11.5 Å². The van der Waals surface area contributed by atoms with Crippen LogP contribution in [0.5, 0.6) is 0 Å². The third-order valence-corrected chi connectivity index (χ3v) is 5.72. The number of hydrogen-bond donors (Lipinski definition) is 0. The molecule has 1 saturated heterocycles. The van der Waals surface area contributed by atoms with E-state index >= 15 is 0 Å². The molecule has 1 aliphatic heterocycles. The van der Waals surface area contributed by atoms with Crippen molar-refractivity contribution < 1.29 is 19.1 Å². The SMILES string of the molecule is CCOC(=O)CN1C(=O)S/C(=C/c2cc(C)n(-c3ccc(C)cc3C)c2C)C1=O. The van der Waals surface area contributed by atoms with Crippen LogP contribution in [0.25, 0.3) is 11.8 Å². The predicted molar refractivity (Wildman–Crippen MR) is 114 cm³/mol. The summed E-state index contributed by atoms with van der Waals surface area (Å²) in [4.78, 5) is 37.7. The predicted octanol–water partition coefficient (Wildman–Crippen LogP) is 4.31. The lowest BCUT2D eigenvalue weighted by atomic mass is 10.1. The summed E-state index contributed by atoms with van der Waals surface area (Å²) >= 11 is 0.843. The maximum atomic E-state index is 12.6. The lowest BCUT2D eigenvalue weighted by Gasteiger charge is -2.13. The van der Waals surface area contributed by atoms with Crippen LogP contribution in [0.2, 0.25) is 0 Å². The Morgan fingerprint density at radius 2 is 1.86 bits per heavy atom. The smallest absolute Gasteiger partial charge is 0.326 e. The number of nitrogens with zero attached hydrogens (tertiary/aromatic N) is 2. The van der Waals surface area contributed by atoms with E-state index in [1.165, 1.54) is 5.56 Å². The van der Waals surface area contributed by atoms with Crippen molar-refractivity contribution in [2.75, 3.05) is 13.2 Å². The number of aryl methyl sites for hydroxylation is 3. The van der Waals surface area contributed by atoms with E-state index in [2.05, 4.69) is 36.6 Å². The molecule has 29 heavy (non-hydrogen) atoms. The van der Waals surface area contributed by atoms with Crippen molar-refractivity contribution in [3.8, 4) is 5.69 Å². The van der Waals surface area contributed by atoms with Gasteiger partial charge in [-0.25, -0.2) is 0 Å². The van der Waals surface area contributed by atoms with Crippen molar-refractivity contribution in [3.05, 3.63) is 57.2 Å². The molecule has 2 amide bonds. The first-order valence-electron chi connectivity index (χ1n) is 9.40. The zero-order valence-corrected chi connectivity index (χ0v) is 18.1. The molecule has 0 unspecified atom stereocenters. The quantitative estimate of drug-likeness (QED) is 0.541. The minimum atomic E-state index is -0.593. The number of rotatable bonds is 5. The van der Waals surface area contributed by atoms with E-state index in [-0.39, 0.29) is 13.2 Å². The molecular formula is C22H24N2O4S. The molecule has 1 aromatic carbocycles.